The van der Waals surface area contributed by atoms with Crippen molar-refractivity contribution in [3.63, 3.8) is 0 Å². The van der Waals surface area contributed by atoms with E-state index in [1.165, 1.54) is 22.7 Å². The van der Waals surface area contributed by atoms with E-state index in [-0.39, 0.29) is 23.1 Å². The lowest BCUT2D eigenvalue weighted by molar-refractivity contribution is -0.140. The molecular weight excluding hydrogens is 362 g/mol. The number of carbonyl (C=O) groups excluding carboxylic acids is 2. The standard InChI is InChI=1S/C16H15N3O6S/c1-16(2)24-6-9(25-16)11-10(12(20)8-4-3-5-23-8)13(21)14(22)19(11)15-18-17-7-26-15/h3-5,7,9,11,21H,6H2,1-2H3. The van der Waals surface area contributed by atoms with Gasteiger partial charge >= 0.3 is 0 Å². The molecule has 2 aliphatic rings. The van der Waals surface area contributed by atoms with Crippen LogP contribution in [0.2, 0.25) is 0 Å². The van der Waals surface area contributed by atoms with E-state index < -0.39 is 35.4 Å². The summed E-state index contributed by atoms with van der Waals surface area (Å²) in [6.45, 7) is 3.61. The topological polar surface area (TPSA) is 115 Å². The summed E-state index contributed by atoms with van der Waals surface area (Å²) < 4.78 is 16.6. The summed E-state index contributed by atoms with van der Waals surface area (Å²) in [4.78, 5) is 26.8. The van der Waals surface area contributed by atoms with Gasteiger partial charge in [0.15, 0.2) is 17.3 Å². The number of hydrogen-bond acceptors (Lipinski definition) is 9. The molecule has 0 spiro atoms. The van der Waals surface area contributed by atoms with Crippen molar-refractivity contribution in [1.29, 1.82) is 0 Å². The molecule has 136 valence electrons. The Hall–Kier alpha value is -2.56. The van der Waals surface area contributed by atoms with E-state index in [0.29, 0.717) is 0 Å². The van der Waals surface area contributed by atoms with Gasteiger partial charge < -0.3 is 19.0 Å². The first-order valence-electron chi connectivity index (χ1n) is 7.82. The van der Waals surface area contributed by atoms with Crippen LogP contribution in [0, 0.1) is 0 Å². The molecule has 26 heavy (non-hydrogen) atoms. The molecule has 2 aromatic heterocycles. The maximum absolute atomic E-state index is 12.9. The fraction of sp³-hybridized carbons (Fsp3) is 0.375. The SMILES string of the molecule is CC1(C)OCC(C2C(C(=O)c3ccco3)=C(O)C(=O)N2c2nncs2)O1. The minimum absolute atomic E-state index is 0.0154. The normalized spacial score (nSPS) is 25.3. The van der Waals surface area contributed by atoms with Crippen LogP contribution < -0.4 is 4.90 Å². The van der Waals surface area contributed by atoms with Gasteiger partial charge in [-0.3, -0.25) is 14.5 Å². The Balaban J connectivity index is 1.79. The number of ketones is 1. The highest BCUT2D eigenvalue weighted by molar-refractivity contribution is 7.13. The van der Waals surface area contributed by atoms with Crippen LogP contribution in [0.25, 0.3) is 0 Å². The molecule has 2 unspecified atom stereocenters. The predicted molar refractivity (Wildman–Crippen MR) is 88.8 cm³/mol. The van der Waals surface area contributed by atoms with Crippen molar-refractivity contribution in [2.45, 2.75) is 31.8 Å². The van der Waals surface area contributed by atoms with Gasteiger partial charge in [-0.2, -0.15) is 0 Å². The number of aliphatic hydroxyl groups is 1. The number of nitrogens with zero attached hydrogens (tertiary/aromatic N) is 3. The maximum atomic E-state index is 12.9. The third-order valence-electron chi connectivity index (χ3n) is 4.18. The van der Waals surface area contributed by atoms with Crippen molar-refractivity contribution in [2.75, 3.05) is 11.5 Å². The Morgan fingerprint density at radius 3 is 2.85 bits per heavy atom. The van der Waals surface area contributed by atoms with E-state index in [9.17, 15) is 14.7 Å². The van der Waals surface area contributed by atoms with Crippen molar-refractivity contribution >= 4 is 28.2 Å². The maximum Gasteiger partial charge on any atom is 0.296 e. The van der Waals surface area contributed by atoms with Gasteiger partial charge in [-0.1, -0.05) is 11.3 Å². The van der Waals surface area contributed by atoms with E-state index in [1.54, 1.807) is 19.9 Å². The van der Waals surface area contributed by atoms with Gasteiger partial charge in [0.25, 0.3) is 5.91 Å². The first-order chi connectivity index (χ1) is 12.4. The number of hydrogen-bond donors (Lipinski definition) is 1. The predicted octanol–water partition coefficient (Wildman–Crippen LogP) is 1.69. The number of anilines is 1. The van der Waals surface area contributed by atoms with Crippen molar-refractivity contribution in [2.24, 2.45) is 0 Å². The zero-order chi connectivity index (χ0) is 18.5. The van der Waals surface area contributed by atoms with Crippen LogP contribution in [0.4, 0.5) is 5.13 Å². The lowest BCUT2D eigenvalue weighted by Crippen LogP contribution is -2.46. The largest absolute Gasteiger partial charge is 0.503 e. The summed E-state index contributed by atoms with van der Waals surface area (Å²) in [5.41, 5.74) is 1.35. The summed E-state index contributed by atoms with van der Waals surface area (Å²) in [5.74, 6) is -2.85. The Morgan fingerprint density at radius 1 is 1.46 bits per heavy atom. The van der Waals surface area contributed by atoms with Gasteiger partial charge in [-0.25, -0.2) is 0 Å². The van der Waals surface area contributed by atoms with Crippen LogP contribution in [0.3, 0.4) is 0 Å². The van der Waals surface area contributed by atoms with Gasteiger partial charge in [-0.05, 0) is 26.0 Å². The van der Waals surface area contributed by atoms with Gasteiger partial charge in [0, 0.05) is 0 Å². The van der Waals surface area contributed by atoms with Crippen LogP contribution in [0.5, 0.6) is 0 Å². The average Bonchev–Trinajstić information content (AvgIpc) is 3.36. The number of Topliss-reactive ketones (excluding diaryl/α,β-unsaturated/α-hetero) is 1. The second-order valence-corrected chi connectivity index (χ2v) is 7.09. The summed E-state index contributed by atoms with van der Waals surface area (Å²) in [6.07, 6.45) is 0.675. The molecule has 4 heterocycles. The highest BCUT2D eigenvalue weighted by Crippen LogP contribution is 2.38. The summed E-state index contributed by atoms with van der Waals surface area (Å²) in [5, 5.41) is 18.3. The zero-order valence-electron chi connectivity index (χ0n) is 13.9. The fourth-order valence-electron chi connectivity index (χ4n) is 3.11. The Morgan fingerprint density at radius 2 is 2.27 bits per heavy atom. The number of aromatic nitrogens is 2. The molecule has 0 bridgehead atoms. The first kappa shape index (κ1) is 16.9. The second-order valence-electron chi connectivity index (χ2n) is 6.28. The molecule has 0 radical (unpaired) electrons. The number of aliphatic hydroxyl groups excluding tert-OH is 1. The van der Waals surface area contributed by atoms with E-state index in [4.69, 9.17) is 13.9 Å². The van der Waals surface area contributed by atoms with E-state index >= 15 is 0 Å². The van der Waals surface area contributed by atoms with Gasteiger partial charge in [0.05, 0.1) is 18.4 Å². The zero-order valence-corrected chi connectivity index (χ0v) is 14.7. The van der Waals surface area contributed by atoms with Crippen LogP contribution in [0.15, 0.2) is 39.7 Å². The van der Waals surface area contributed by atoms with Crippen LogP contribution in [0.1, 0.15) is 24.4 Å². The summed E-state index contributed by atoms with van der Waals surface area (Å²) in [7, 11) is 0. The number of furan rings is 1. The lowest BCUT2D eigenvalue weighted by Gasteiger charge is -2.28. The molecule has 0 saturated carbocycles. The van der Waals surface area contributed by atoms with Gasteiger partial charge in [0.1, 0.15) is 17.7 Å². The fourth-order valence-corrected chi connectivity index (χ4v) is 3.70. The van der Waals surface area contributed by atoms with Crippen molar-refractivity contribution in [3.05, 3.63) is 41.0 Å². The van der Waals surface area contributed by atoms with E-state index in [2.05, 4.69) is 10.2 Å². The number of amides is 1. The molecule has 2 aliphatic heterocycles. The molecule has 1 N–H and O–H groups in total. The average molecular weight is 377 g/mol. The van der Waals surface area contributed by atoms with Crippen molar-refractivity contribution in [1.82, 2.24) is 10.2 Å². The third-order valence-corrected chi connectivity index (χ3v) is 4.87. The highest BCUT2D eigenvalue weighted by Gasteiger charge is 2.52. The molecule has 1 fully saturated rings. The van der Waals surface area contributed by atoms with Crippen LogP contribution in [-0.4, -0.2) is 51.5 Å². The molecule has 0 aliphatic carbocycles. The number of ether oxygens (including phenoxy) is 2. The molecule has 4 rings (SSSR count). The van der Waals surface area contributed by atoms with Crippen LogP contribution in [-0.2, 0) is 14.3 Å². The minimum atomic E-state index is -0.908. The molecule has 9 nitrogen and oxygen atoms in total. The molecule has 10 heteroatoms. The Bertz CT molecular complexity index is 874. The quantitative estimate of drug-likeness (QED) is 0.801. The molecular formula is C16H15N3O6S. The smallest absolute Gasteiger partial charge is 0.296 e. The Labute approximate surface area is 151 Å². The molecule has 2 aromatic rings. The van der Waals surface area contributed by atoms with Gasteiger partial charge in [-0.15, -0.1) is 10.2 Å². The van der Waals surface area contributed by atoms with Crippen LogP contribution >= 0.6 is 11.3 Å². The molecule has 1 amide bonds. The Kier molecular flexibility index (Phi) is 3.90. The van der Waals surface area contributed by atoms with Crippen molar-refractivity contribution < 1.29 is 28.6 Å². The molecule has 1 saturated heterocycles. The minimum Gasteiger partial charge on any atom is -0.503 e. The monoisotopic (exact) mass is 377 g/mol. The van der Waals surface area contributed by atoms with E-state index in [1.807, 2.05) is 0 Å². The summed E-state index contributed by atoms with van der Waals surface area (Å²) >= 11 is 1.11. The first-order valence-corrected chi connectivity index (χ1v) is 8.70. The second kappa shape index (κ2) is 6.01. The van der Waals surface area contributed by atoms with Crippen molar-refractivity contribution in [3.8, 4) is 0 Å². The highest BCUT2D eigenvalue weighted by atomic mass is 32.1. The van der Waals surface area contributed by atoms with Gasteiger partial charge in [0.2, 0.25) is 10.9 Å². The van der Waals surface area contributed by atoms with E-state index in [0.717, 1.165) is 11.3 Å². The third kappa shape index (κ3) is 2.62. The number of rotatable bonds is 4. The lowest BCUT2D eigenvalue weighted by atomic mass is 9.97. The number of carbonyl (C=O) groups is 2. The molecule has 2 atom stereocenters. The summed E-state index contributed by atoms with van der Waals surface area (Å²) in [6, 6.07) is 2.11. The molecule has 0 aromatic carbocycles.